The maximum atomic E-state index is 12.3. The molecule has 0 aliphatic heterocycles. The van der Waals surface area contributed by atoms with E-state index in [0.29, 0.717) is 29.0 Å². The summed E-state index contributed by atoms with van der Waals surface area (Å²) >= 11 is 1.32. The van der Waals surface area contributed by atoms with E-state index in [2.05, 4.69) is 22.1 Å². The molecule has 3 aromatic rings. The van der Waals surface area contributed by atoms with Gasteiger partial charge in [-0.1, -0.05) is 42.1 Å². The number of nitrogens with one attached hydrogen (secondary N) is 1. The van der Waals surface area contributed by atoms with Gasteiger partial charge in [-0.15, -0.1) is 16.8 Å². The standard InChI is InChI=1S/C22H24N4O3S/c1-4-12-26-20(14-29-19-11-6-5-10-18(19)28-3)24-25-22(26)30-15-21(27)23-17-9-7-8-16(2)13-17/h4-11,13H,1,12,14-15H2,2-3H3,(H,23,27). The predicted molar refractivity (Wildman–Crippen MR) is 118 cm³/mol. The molecule has 1 amide bonds. The number of hydrogen-bond donors (Lipinski definition) is 1. The van der Waals surface area contributed by atoms with Gasteiger partial charge in [-0.3, -0.25) is 9.36 Å². The van der Waals surface area contributed by atoms with Crippen molar-refractivity contribution in [3.8, 4) is 11.5 Å². The van der Waals surface area contributed by atoms with Gasteiger partial charge in [0, 0.05) is 12.2 Å². The molecule has 0 aliphatic rings. The number of allylic oxidation sites excluding steroid dienone is 1. The fraction of sp³-hybridized carbons (Fsp3) is 0.227. The summed E-state index contributed by atoms with van der Waals surface area (Å²) in [5.74, 6) is 2.03. The molecular weight excluding hydrogens is 400 g/mol. The second-order valence-electron chi connectivity index (χ2n) is 6.44. The van der Waals surface area contributed by atoms with Gasteiger partial charge in [0.15, 0.2) is 22.5 Å². The summed E-state index contributed by atoms with van der Waals surface area (Å²) in [4.78, 5) is 12.3. The molecule has 0 saturated carbocycles. The summed E-state index contributed by atoms with van der Waals surface area (Å²) in [6.45, 7) is 6.51. The number of carbonyl (C=O) groups excluding carboxylic acids is 1. The van der Waals surface area contributed by atoms with Crippen LogP contribution in [0.1, 0.15) is 11.4 Å². The smallest absolute Gasteiger partial charge is 0.234 e. The second kappa shape index (κ2) is 10.5. The van der Waals surface area contributed by atoms with Crippen molar-refractivity contribution < 1.29 is 14.3 Å². The fourth-order valence-electron chi connectivity index (χ4n) is 2.78. The Morgan fingerprint density at radius 2 is 2.00 bits per heavy atom. The van der Waals surface area contributed by atoms with Crippen molar-refractivity contribution in [2.45, 2.75) is 25.2 Å². The number of nitrogens with zero attached hydrogens (tertiary/aromatic N) is 3. The van der Waals surface area contributed by atoms with Gasteiger partial charge in [0.25, 0.3) is 0 Å². The lowest BCUT2D eigenvalue weighted by Crippen LogP contribution is -2.15. The van der Waals surface area contributed by atoms with Crippen molar-refractivity contribution >= 4 is 23.4 Å². The van der Waals surface area contributed by atoms with Crippen LogP contribution in [-0.2, 0) is 17.9 Å². The average Bonchev–Trinajstić information content (AvgIpc) is 3.13. The Kier molecular flexibility index (Phi) is 7.51. The number of ether oxygens (including phenoxy) is 2. The fourth-order valence-corrected chi connectivity index (χ4v) is 3.54. The first-order chi connectivity index (χ1) is 14.6. The Morgan fingerprint density at radius 3 is 2.73 bits per heavy atom. The Morgan fingerprint density at radius 1 is 1.20 bits per heavy atom. The van der Waals surface area contributed by atoms with E-state index in [1.54, 1.807) is 13.2 Å². The molecule has 30 heavy (non-hydrogen) atoms. The van der Waals surface area contributed by atoms with E-state index in [0.717, 1.165) is 11.3 Å². The highest BCUT2D eigenvalue weighted by Crippen LogP contribution is 2.27. The molecule has 2 aromatic carbocycles. The molecule has 156 valence electrons. The van der Waals surface area contributed by atoms with Gasteiger partial charge in [0.1, 0.15) is 6.61 Å². The normalized spacial score (nSPS) is 10.5. The Hall–Kier alpha value is -3.26. The predicted octanol–water partition coefficient (Wildman–Crippen LogP) is 4.09. The summed E-state index contributed by atoms with van der Waals surface area (Å²) in [6, 6.07) is 15.1. The third kappa shape index (κ3) is 5.64. The zero-order valence-electron chi connectivity index (χ0n) is 17.0. The lowest BCUT2D eigenvalue weighted by Gasteiger charge is -2.11. The van der Waals surface area contributed by atoms with Crippen LogP contribution in [0.5, 0.6) is 11.5 Å². The molecule has 0 radical (unpaired) electrons. The van der Waals surface area contributed by atoms with Crippen molar-refractivity contribution in [2.24, 2.45) is 0 Å². The van der Waals surface area contributed by atoms with Gasteiger partial charge in [-0.25, -0.2) is 0 Å². The largest absolute Gasteiger partial charge is 0.493 e. The van der Waals surface area contributed by atoms with E-state index < -0.39 is 0 Å². The van der Waals surface area contributed by atoms with Crippen molar-refractivity contribution in [3.05, 3.63) is 72.6 Å². The maximum absolute atomic E-state index is 12.3. The van der Waals surface area contributed by atoms with Crippen LogP contribution < -0.4 is 14.8 Å². The molecule has 0 aliphatic carbocycles. The number of para-hydroxylation sites is 2. The minimum absolute atomic E-state index is 0.106. The molecule has 0 fully saturated rings. The number of rotatable bonds is 10. The van der Waals surface area contributed by atoms with Gasteiger partial charge in [-0.2, -0.15) is 0 Å². The van der Waals surface area contributed by atoms with E-state index >= 15 is 0 Å². The third-order valence-electron chi connectivity index (χ3n) is 4.17. The number of amides is 1. The number of carbonyl (C=O) groups is 1. The maximum Gasteiger partial charge on any atom is 0.234 e. The quantitative estimate of drug-likeness (QED) is 0.390. The number of anilines is 1. The zero-order valence-corrected chi connectivity index (χ0v) is 17.8. The molecule has 8 heteroatoms. The topological polar surface area (TPSA) is 78.3 Å². The summed E-state index contributed by atoms with van der Waals surface area (Å²) in [6.07, 6.45) is 1.76. The first kappa shape index (κ1) is 21.4. The monoisotopic (exact) mass is 424 g/mol. The van der Waals surface area contributed by atoms with Crippen LogP contribution in [0, 0.1) is 6.92 Å². The molecule has 0 bridgehead atoms. The van der Waals surface area contributed by atoms with Crippen LogP contribution in [-0.4, -0.2) is 33.5 Å². The molecule has 0 saturated heterocycles. The zero-order chi connectivity index (χ0) is 21.3. The van der Waals surface area contributed by atoms with Crippen LogP contribution in [0.3, 0.4) is 0 Å². The van der Waals surface area contributed by atoms with Crippen LogP contribution >= 0.6 is 11.8 Å². The molecule has 0 spiro atoms. The molecule has 1 heterocycles. The van der Waals surface area contributed by atoms with E-state index in [9.17, 15) is 4.79 Å². The number of methoxy groups -OCH3 is 1. The summed E-state index contributed by atoms with van der Waals surface area (Å²) in [5.41, 5.74) is 1.87. The van der Waals surface area contributed by atoms with Crippen LogP contribution in [0.4, 0.5) is 5.69 Å². The van der Waals surface area contributed by atoms with Crippen molar-refractivity contribution in [2.75, 3.05) is 18.2 Å². The minimum atomic E-state index is -0.106. The Labute approximate surface area is 180 Å². The average molecular weight is 425 g/mol. The van der Waals surface area contributed by atoms with E-state index in [1.165, 1.54) is 11.8 Å². The number of hydrogen-bond acceptors (Lipinski definition) is 6. The Balaban J connectivity index is 1.63. The van der Waals surface area contributed by atoms with E-state index in [-0.39, 0.29) is 18.3 Å². The second-order valence-corrected chi connectivity index (χ2v) is 7.39. The molecule has 3 rings (SSSR count). The van der Waals surface area contributed by atoms with E-state index in [1.807, 2.05) is 60.0 Å². The van der Waals surface area contributed by atoms with Crippen molar-refractivity contribution in [1.29, 1.82) is 0 Å². The number of aromatic nitrogens is 3. The molecule has 1 N–H and O–H groups in total. The van der Waals surface area contributed by atoms with Crippen molar-refractivity contribution in [3.63, 3.8) is 0 Å². The van der Waals surface area contributed by atoms with Gasteiger partial charge in [0.2, 0.25) is 5.91 Å². The molecule has 0 atom stereocenters. The first-order valence-electron chi connectivity index (χ1n) is 9.39. The summed E-state index contributed by atoms with van der Waals surface area (Å²) < 4.78 is 13.0. The third-order valence-corrected chi connectivity index (χ3v) is 5.13. The van der Waals surface area contributed by atoms with Crippen LogP contribution in [0.2, 0.25) is 0 Å². The van der Waals surface area contributed by atoms with Crippen molar-refractivity contribution in [1.82, 2.24) is 14.8 Å². The van der Waals surface area contributed by atoms with E-state index in [4.69, 9.17) is 9.47 Å². The highest BCUT2D eigenvalue weighted by molar-refractivity contribution is 7.99. The number of benzene rings is 2. The molecule has 7 nitrogen and oxygen atoms in total. The minimum Gasteiger partial charge on any atom is -0.493 e. The lowest BCUT2D eigenvalue weighted by atomic mass is 10.2. The van der Waals surface area contributed by atoms with Gasteiger partial charge < -0.3 is 14.8 Å². The Bertz CT molecular complexity index is 1020. The van der Waals surface area contributed by atoms with Gasteiger partial charge in [0.05, 0.1) is 12.9 Å². The molecule has 1 aromatic heterocycles. The molecule has 0 unspecified atom stereocenters. The van der Waals surface area contributed by atoms with Crippen LogP contribution in [0.25, 0.3) is 0 Å². The van der Waals surface area contributed by atoms with Gasteiger partial charge in [-0.05, 0) is 36.8 Å². The lowest BCUT2D eigenvalue weighted by molar-refractivity contribution is -0.113. The summed E-state index contributed by atoms with van der Waals surface area (Å²) in [5, 5.41) is 12.0. The highest BCUT2D eigenvalue weighted by Gasteiger charge is 2.15. The number of thioether (sulfide) groups is 1. The first-order valence-corrected chi connectivity index (χ1v) is 10.4. The molecular formula is C22H24N4O3S. The highest BCUT2D eigenvalue weighted by atomic mass is 32.2. The van der Waals surface area contributed by atoms with Gasteiger partial charge >= 0.3 is 0 Å². The summed E-state index contributed by atoms with van der Waals surface area (Å²) in [7, 11) is 1.60. The number of aryl methyl sites for hydroxylation is 1. The SMILES string of the molecule is C=CCn1c(COc2ccccc2OC)nnc1SCC(=O)Nc1cccc(C)c1. The van der Waals surface area contributed by atoms with Crippen LogP contribution in [0.15, 0.2) is 66.3 Å².